The van der Waals surface area contributed by atoms with Gasteiger partial charge in [0.05, 0.1) is 12.6 Å². The lowest BCUT2D eigenvalue weighted by Crippen LogP contribution is -2.37. The number of amides is 2. The van der Waals surface area contributed by atoms with E-state index in [1.165, 1.54) is 0 Å². The van der Waals surface area contributed by atoms with Gasteiger partial charge in [-0.3, -0.25) is 9.59 Å². The summed E-state index contributed by atoms with van der Waals surface area (Å²) < 4.78 is 0. The van der Waals surface area contributed by atoms with Gasteiger partial charge < -0.3 is 10.6 Å². The second-order valence-electron chi connectivity index (χ2n) is 3.83. The summed E-state index contributed by atoms with van der Waals surface area (Å²) in [6.07, 6.45) is 0.390. The molecule has 0 saturated heterocycles. The highest BCUT2D eigenvalue weighted by Gasteiger charge is 2.09. The van der Waals surface area contributed by atoms with Crippen LogP contribution in [-0.4, -0.2) is 18.4 Å². The van der Waals surface area contributed by atoms with Crippen molar-refractivity contribution in [1.29, 1.82) is 0 Å². The summed E-state index contributed by atoms with van der Waals surface area (Å²) in [7, 11) is 0. The number of hydrogen-bond acceptors (Lipinski definition) is 2. The molecule has 0 spiro atoms. The van der Waals surface area contributed by atoms with Crippen LogP contribution in [0.15, 0.2) is 30.3 Å². The monoisotopic (exact) mass is 234 g/mol. The highest BCUT2D eigenvalue weighted by molar-refractivity contribution is 5.84. The fraction of sp³-hybridized carbons (Fsp3) is 0.385. The number of carbonyl (C=O) groups excluding carboxylic acids is 2. The lowest BCUT2D eigenvalue weighted by atomic mass is 10.1. The van der Waals surface area contributed by atoms with Crippen LogP contribution in [0.2, 0.25) is 0 Å². The molecule has 0 radical (unpaired) electrons. The zero-order valence-corrected chi connectivity index (χ0v) is 10.2. The van der Waals surface area contributed by atoms with Gasteiger partial charge in [0.25, 0.3) is 0 Å². The largest absolute Gasteiger partial charge is 0.348 e. The molecule has 0 fully saturated rings. The van der Waals surface area contributed by atoms with E-state index in [0.717, 1.165) is 5.56 Å². The Labute approximate surface area is 101 Å². The van der Waals surface area contributed by atoms with Crippen LogP contribution in [0.3, 0.4) is 0 Å². The Hall–Kier alpha value is -1.84. The second kappa shape index (κ2) is 6.68. The molecule has 0 bridgehead atoms. The third-order valence-corrected chi connectivity index (χ3v) is 2.44. The first-order chi connectivity index (χ1) is 8.13. The molecule has 17 heavy (non-hydrogen) atoms. The normalized spacial score (nSPS) is 11.6. The van der Waals surface area contributed by atoms with Crippen LogP contribution in [0.5, 0.6) is 0 Å². The molecule has 1 rings (SSSR count). The van der Waals surface area contributed by atoms with Crippen molar-refractivity contribution < 1.29 is 9.59 Å². The van der Waals surface area contributed by atoms with Crippen LogP contribution in [0.25, 0.3) is 0 Å². The smallest absolute Gasteiger partial charge is 0.239 e. The minimum atomic E-state index is -0.178. The Morgan fingerprint density at radius 3 is 2.41 bits per heavy atom. The van der Waals surface area contributed by atoms with Crippen molar-refractivity contribution in [3.8, 4) is 0 Å². The molecule has 0 aliphatic rings. The van der Waals surface area contributed by atoms with Crippen molar-refractivity contribution >= 4 is 11.8 Å². The summed E-state index contributed by atoms with van der Waals surface area (Å²) in [5.41, 5.74) is 1.04. The van der Waals surface area contributed by atoms with Crippen LogP contribution in [0, 0.1) is 0 Å². The molecule has 1 atom stereocenters. The lowest BCUT2D eigenvalue weighted by Gasteiger charge is -2.14. The standard InChI is InChI=1S/C13H18N2O2/c1-3-12(16)14-9-13(17)15-10(2)11-7-5-4-6-8-11/h4-8,10H,3,9H2,1-2H3,(H,14,16)(H,15,17). The third kappa shape index (κ3) is 4.68. The molecule has 0 aromatic heterocycles. The van der Waals surface area contributed by atoms with Crippen LogP contribution in [0.4, 0.5) is 0 Å². The zero-order valence-electron chi connectivity index (χ0n) is 10.2. The molecule has 0 saturated carbocycles. The van der Waals surface area contributed by atoms with Crippen molar-refractivity contribution in [2.45, 2.75) is 26.3 Å². The summed E-state index contributed by atoms with van der Waals surface area (Å²) in [6.45, 7) is 3.69. The molecular weight excluding hydrogens is 216 g/mol. The molecule has 1 aromatic carbocycles. The number of hydrogen-bond donors (Lipinski definition) is 2. The molecule has 0 heterocycles. The third-order valence-electron chi connectivity index (χ3n) is 2.44. The summed E-state index contributed by atoms with van der Waals surface area (Å²) in [5.74, 6) is -0.296. The fourth-order valence-electron chi connectivity index (χ4n) is 1.42. The topological polar surface area (TPSA) is 58.2 Å². The summed E-state index contributed by atoms with van der Waals surface area (Å²) >= 11 is 0. The quantitative estimate of drug-likeness (QED) is 0.809. The first-order valence-electron chi connectivity index (χ1n) is 5.74. The van der Waals surface area contributed by atoms with E-state index in [1.54, 1.807) is 6.92 Å². The van der Waals surface area contributed by atoms with Crippen LogP contribution in [-0.2, 0) is 9.59 Å². The van der Waals surface area contributed by atoms with Gasteiger partial charge in [0, 0.05) is 6.42 Å². The van der Waals surface area contributed by atoms with E-state index in [-0.39, 0.29) is 24.4 Å². The minimum absolute atomic E-state index is 0.0316. The first-order valence-corrected chi connectivity index (χ1v) is 5.74. The van der Waals surface area contributed by atoms with Crippen molar-refractivity contribution in [1.82, 2.24) is 10.6 Å². The summed E-state index contributed by atoms with van der Waals surface area (Å²) in [6, 6.07) is 9.64. The Kier molecular flexibility index (Phi) is 5.20. The van der Waals surface area contributed by atoms with E-state index in [2.05, 4.69) is 10.6 Å². The van der Waals surface area contributed by atoms with Gasteiger partial charge in [-0.25, -0.2) is 0 Å². The highest BCUT2D eigenvalue weighted by Crippen LogP contribution is 2.10. The maximum atomic E-state index is 11.5. The predicted molar refractivity (Wildman–Crippen MR) is 66.3 cm³/mol. The van der Waals surface area contributed by atoms with Crippen LogP contribution < -0.4 is 10.6 Å². The van der Waals surface area contributed by atoms with E-state index in [1.807, 2.05) is 37.3 Å². The van der Waals surface area contributed by atoms with Gasteiger partial charge >= 0.3 is 0 Å². The van der Waals surface area contributed by atoms with E-state index >= 15 is 0 Å². The maximum absolute atomic E-state index is 11.5. The number of carbonyl (C=O) groups is 2. The summed E-state index contributed by atoms with van der Waals surface area (Å²) in [4.78, 5) is 22.5. The van der Waals surface area contributed by atoms with Crippen molar-refractivity contribution in [2.24, 2.45) is 0 Å². The molecular formula is C13H18N2O2. The summed E-state index contributed by atoms with van der Waals surface area (Å²) in [5, 5.41) is 5.36. The molecule has 0 aliphatic heterocycles. The SMILES string of the molecule is CCC(=O)NCC(=O)NC(C)c1ccccc1. The van der Waals surface area contributed by atoms with Crippen molar-refractivity contribution in [3.63, 3.8) is 0 Å². The van der Waals surface area contributed by atoms with Gasteiger partial charge in [-0.05, 0) is 12.5 Å². The van der Waals surface area contributed by atoms with Crippen molar-refractivity contribution in [3.05, 3.63) is 35.9 Å². The first kappa shape index (κ1) is 13.2. The Morgan fingerprint density at radius 1 is 1.18 bits per heavy atom. The number of nitrogens with one attached hydrogen (secondary N) is 2. The van der Waals surface area contributed by atoms with Crippen molar-refractivity contribution in [2.75, 3.05) is 6.54 Å². The fourth-order valence-corrected chi connectivity index (χ4v) is 1.42. The second-order valence-corrected chi connectivity index (χ2v) is 3.83. The van der Waals surface area contributed by atoms with Gasteiger partial charge in [0.1, 0.15) is 0 Å². The molecule has 92 valence electrons. The minimum Gasteiger partial charge on any atom is -0.348 e. The Bertz CT molecular complexity index is 376. The highest BCUT2D eigenvalue weighted by atomic mass is 16.2. The van der Waals surface area contributed by atoms with Gasteiger partial charge in [0.2, 0.25) is 11.8 Å². The number of benzene rings is 1. The van der Waals surface area contributed by atoms with Gasteiger partial charge in [-0.1, -0.05) is 37.3 Å². The van der Waals surface area contributed by atoms with E-state index in [4.69, 9.17) is 0 Å². The molecule has 2 amide bonds. The Balaban J connectivity index is 2.39. The molecule has 1 unspecified atom stereocenters. The molecule has 0 aliphatic carbocycles. The van der Waals surface area contributed by atoms with E-state index in [0.29, 0.717) is 6.42 Å². The predicted octanol–water partition coefficient (Wildman–Crippen LogP) is 1.39. The average Bonchev–Trinajstić information content (AvgIpc) is 2.36. The van der Waals surface area contributed by atoms with Crippen LogP contribution >= 0.6 is 0 Å². The zero-order chi connectivity index (χ0) is 12.7. The van der Waals surface area contributed by atoms with Gasteiger partial charge in [-0.2, -0.15) is 0 Å². The number of rotatable bonds is 5. The average molecular weight is 234 g/mol. The molecule has 1 aromatic rings. The molecule has 4 nitrogen and oxygen atoms in total. The van der Waals surface area contributed by atoms with E-state index < -0.39 is 0 Å². The molecule has 2 N–H and O–H groups in total. The molecule has 4 heteroatoms. The van der Waals surface area contributed by atoms with Crippen LogP contribution in [0.1, 0.15) is 31.9 Å². The van der Waals surface area contributed by atoms with Gasteiger partial charge in [-0.15, -0.1) is 0 Å². The van der Waals surface area contributed by atoms with Gasteiger partial charge in [0.15, 0.2) is 0 Å². The van der Waals surface area contributed by atoms with E-state index in [9.17, 15) is 9.59 Å². The Morgan fingerprint density at radius 2 is 1.82 bits per heavy atom. The lowest BCUT2D eigenvalue weighted by molar-refractivity contribution is -0.126. The maximum Gasteiger partial charge on any atom is 0.239 e.